The number of nitro groups is 1. The molecule has 5 heteroatoms. The van der Waals surface area contributed by atoms with Crippen molar-refractivity contribution in [2.24, 2.45) is 0 Å². The van der Waals surface area contributed by atoms with E-state index in [1.807, 2.05) is 6.92 Å². The molecule has 0 saturated carbocycles. The van der Waals surface area contributed by atoms with Crippen LogP contribution in [0.15, 0.2) is 36.1 Å². The summed E-state index contributed by atoms with van der Waals surface area (Å²) in [5.41, 5.74) is 0.820. The van der Waals surface area contributed by atoms with Crippen molar-refractivity contribution in [3.05, 3.63) is 51.8 Å². The SMILES string of the molecule is CCC1=CC(=O)C[C@H](c2ccc([N+](=O)[O-])cc2)O1. The van der Waals surface area contributed by atoms with E-state index in [2.05, 4.69) is 0 Å². The third-order valence-electron chi connectivity index (χ3n) is 2.83. The van der Waals surface area contributed by atoms with Gasteiger partial charge in [0, 0.05) is 24.6 Å². The minimum Gasteiger partial charge on any atom is -0.489 e. The maximum Gasteiger partial charge on any atom is 0.269 e. The van der Waals surface area contributed by atoms with Gasteiger partial charge in [0.15, 0.2) is 5.78 Å². The molecule has 94 valence electrons. The Morgan fingerprint density at radius 1 is 1.39 bits per heavy atom. The van der Waals surface area contributed by atoms with Crippen LogP contribution in [0.2, 0.25) is 0 Å². The molecule has 0 unspecified atom stereocenters. The van der Waals surface area contributed by atoms with Gasteiger partial charge in [-0.15, -0.1) is 0 Å². The minimum atomic E-state index is -0.450. The van der Waals surface area contributed by atoms with Crippen molar-refractivity contribution in [2.45, 2.75) is 25.9 Å². The van der Waals surface area contributed by atoms with Crippen LogP contribution in [-0.2, 0) is 9.53 Å². The van der Waals surface area contributed by atoms with Gasteiger partial charge in [-0.25, -0.2) is 0 Å². The average molecular weight is 247 g/mol. The van der Waals surface area contributed by atoms with Crippen molar-refractivity contribution in [3.63, 3.8) is 0 Å². The number of allylic oxidation sites excluding steroid dienone is 2. The normalized spacial score (nSPS) is 19.1. The number of nitrogens with zero attached hydrogens (tertiary/aromatic N) is 1. The van der Waals surface area contributed by atoms with Crippen LogP contribution in [0.1, 0.15) is 31.4 Å². The van der Waals surface area contributed by atoms with Crippen molar-refractivity contribution >= 4 is 11.5 Å². The zero-order chi connectivity index (χ0) is 13.1. The van der Waals surface area contributed by atoms with Gasteiger partial charge in [0.25, 0.3) is 5.69 Å². The summed E-state index contributed by atoms with van der Waals surface area (Å²) < 4.78 is 5.66. The van der Waals surface area contributed by atoms with E-state index in [-0.39, 0.29) is 24.0 Å². The third-order valence-corrected chi connectivity index (χ3v) is 2.83. The topological polar surface area (TPSA) is 69.4 Å². The van der Waals surface area contributed by atoms with Gasteiger partial charge in [-0.1, -0.05) is 6.92 Å². The maximum absolute atomic E-state index is 11.5. The van der Waals surface area contributed by atoms with Gasteiger partial charge >= 0.3 is 0 Å². The van der Waals surface area contributed by atoms with Crippen LogP contribution in [0, 0.1) is 10.1 Å². The monoisotopic (exact) mass is 247 g/mol. The fourth-order valence-electron chi connectivity index (χ4n) is 1.86. The zero-order valence-electron chi connectivity index (χ0n) is 9.96. The molecule has 0 fully saturated rings. The number of hydrogen-bond acceptors (Lipinski definition) is 4. The second kappa shape index (κ2) is 5.00. The lowest BCUT2D eigenvalue weighted by Gasteiger charge is -2.23. The largest absolute Gasteiger partial charge is 0.489 e. The molecule has 1 aliphatic rings. The van der Waals surface area contributed by atoms with Crippen molar-refractivity contribution in [2.75, 3.05) is 0 Å². The number of ketones is 1. The Balaban J connectivity index is 2.20. The van der Waals surface area contributed by atoms with Crippen molar-refractivity contribution in [1.82, 2.24) is 0 Å². The molecule has 0 N–H and O–H groups in total. The Morgan fingerprint density at radius 2 is 2.06 bits per heavy atom. The lowest BCUT2D eigenvalue weighted by Crippen LogP contribution is -2.15. The van der Waals surface area contributed by atoms with E-state index in [9.17, 15) is 14.9 Å². The lowest BCUT2D eigenvalue weighted by atomic mass is 10.0. The van der Waals surface area contributed by atoms with Gasteiger partial charge in [0.05, 0.1) is 11.3 Å². The Kier molecular flexibility index (Phi) is 3.41. The maximum atomic E-state index is 11.5. The molecule has 0 aliphatic carbocycles. The highest BCUT2D eigenvalue weighted by Gasteiger charge is 2.23. The molecule has 0 amide bonds. The molecule has 0 radical (unpaired) electrons. The highest BCUT2D eigenvalue weighted by Crippen LogP contribution is 2.30. The summed E-state index contributed by atoms with van der Waals surface area (Å²) in [5, 5.41) is 10.6. The van der Waals surface area contributed by atoms with Gasteiger partial charge in [-0.05, 0) is 17.7 Å². The first-order valence-electron chi connectivity index (χ1n) is 5.74. The summed E-state index contributed by atoms with van der Waals surface area (Å²) in [4.78, 5) is 21.6. The van der Waals surface area contributed by atoms with E-state index in [1.165, 1.54) is 18.2 Å². The van der Waals surface area contributed by atoms with Crippen LogP contribution in [0.3, 0.4) is 0 Å². The molecule has 1 aromatic carbocycles. The molecule has 18 heavy (non-hydrogen) atoms. The Bertz CT molecular complexity index is 504. The highest BCUT2D eigenvalue weighted by molar-refractivity contribution is 5.91. The van der Waals surface area contributed by atoms with Crippen molar-refractivity contribution < 1.29 is 14.5 Å². The molecule has 1 aliphatic heterocycles. The molecule has 1 aromatic rings. The summed E-state index contributed by atoms with van der Waals surface area (Å²) in [6, 6.07) is 6.11. The van der Waals surface area contributed by atoms with Gasteiger partial charge in [-0.2, -0.15) is 0 Å². The van der Waals surface area contributed by atoms with Crippen LogP contribution in [0.25, 0.3) is 0 Å². The molecule has 5 nitrogen and oxygen atoms in total. The number of non-ortho nitro benzene ring substituents is 1. The second-order valence-corrected chi connectivity index (χ2v) is 4.09. The van der Waals surface area contributed by atoms with E-state index >= 15 is 0 Å². The Labute approximate surface area is 104 Å². The van der Waals surface area contributed by atoms with Crippen molar-refractivity contribution in [3.8, 4) is 0 Å². The fraction of sp³-hybridized carbons (Fsp3) is 0.308. The molecule has 2 rings (SSSR count). The Morgan fingerprint density at radius 3 is 2.61 bits per heavy atom. The molecule has 1 heterocycles. The smallest absolute Gasteiger partial charge is 0.269 e. The molecule has 0 aromatic heterocycles. The summed E-state index contributed by atoms with van der Waals surface area (Å²) in [6.07, 6.45) is 2.12. The Hall–Kier alpha value is -2.17. The first kappa shape index (κ1) is 12.3. The summed E-state index contributed by atoms with van der Waals surface area (Å²) in [6.45, 7) is 1.91. The first-order chi connectivity index (χ1) is 8.60. The van der Waals surface area contributed by atoms with E-state index in [0.29, 0.717) is 12.2 Å². The van der Waals surface area contributed by atoms with E-state index < -0.39 is 4.92 Å². The number of carbonyl (C=O) groups excluding carboxylic acids is 1. The average Bonchev–Trinajstić information content (AvgIpc) is 2.38. The van der Waals surface area contributed by atoms with Crippen molar-refractivity contribution in [1.29, 1.82) is 0 Å². The summed E-state index contributed by atoms with van der Waals surface area (Å²) >= 11 is 0. The second-order valence-electron chi connectivity index (χ2n) is 4.09. The molecular formula is C13H13NO4. The predicted molar refractivity (Wildman–Crippen MR) is 64.9 cm³/mol. The van der Waals surface area contributed by atoms with Gasteiger partial charge in [-0.3, -0.25) is 14.9 Å². The number of ether oxygens (including phenoxy) is 1. The standard InChI is InChI=1S/C13H13NO4/c1-2-12-7-11(15)8-13(18-12)9-3-5-10(6-4-9)14(16)17/h3-7,13H,2,8H2,1H3/t13-/m1/s1. The third kappa shape index (κ3) is 2.56. The van der Waals surface area contributed by atoms with E-state index in [4.69, 9.17) is 4.74 Å². The molecule has 0 spiro atoms. The summed E-state index contributed by atoms with van der Waals surface area (Å²) in [5.74, 6) is 0.691. The zero-order valence-corrected chi connectivity index (χ0v) is 9.96. The van der Waals surface area contributed by atoms with Gasteiger partial charge < -0.3 is 4.74 Å². The van der Waals surface area contributed by atoms with Crippen LogP contribution in [0.4, 0.5) is 5.69 Å². The lowest BCUT2D eigenvalue weighted by molar-refractivity contribution is -0.384. The number of rotatable bonds is 3. The molecule has 1 atom stereocenters. The van der Waals surface area contributed by atoms with Crippen LogP contribution < -0.4 is 0 Å². The van der Waals surface area contributed by atoms with Crippen LogP contribution in [0.5, 0.6) is 0 Å². The predicted octanol–water partition coefficient (Wildman–Crippen LogP) is 2.92. The number of hydrogen-bond donors (Lipinski definition) is 0. The quantitative estimate of drug-likeness (QED) is 0.608. The molecular weight excluding hydrogens is 234 g/mol. The minimum absolute atomic E-state index is 0.0291. The summed E-state index contributed by atoms with van der Waals surface area (Å²) in [7, 11) is 0. The highest BCUT2D eigenvalue weighted by atomic mass is 16.6. The van der Waals surface area contributed by atoms with Gasteiger partial charge in [0.2, 0.25) is 0 Å². The number of benzene rings is 1. The van der Waals surface area contributed by atoms with E-state index in [1.54, 1.807) is 12.1 Å². The fourth-order valence-corrected chi connectivity index (χ4v) is 1.86. The molecule has 0 bridgehead atoms. The van der Waals surface area contributed by atoms with Crippen LogP contribution in [-0.4, -0.2) is 10.7 Å². The van der Waals surface area contributed by atoms with Gasteiger partial charge in [0.1, 0.15) is 11.9 Å². The number of carbonyl (C=O) groups is 1. The van der Waals surface area contributed by atoms with E-state index in [0.717, 1.165) is 5.56 Å². The molecule has 0 saturated heterocycles. The van der Waals surface area contributed by atoms with Crippen LogP contribution >= 0.6 is 0 Å². The number of nitro benzene ring substituents is 1. The first-order valence-corrected chi connectivity index (χ1v) is 5.74.